The molecule has 0 spiro atoms. The highest BCUT2D eigenvalue weighted by Gasteiger charge is 2.21. The van der Waals surface area contributed by atoms with Gasteiger partial charge in [-0.15, -0.1) is 11.3 Å². The Labute approximate surface area is 152 Å². The van der Waals surface area contributed by atoms with Gasteiger partial charge >= 0.3 is 0 Å². The Balaban J connectivity index is 1.96. The average molecular weight is 356 g/mol. The van der Waals surface area contributed by atoms with Gasteiger partial charge in [0, 0.05) is 22.5 Å². The van der Waals surface area contributed by atoms with Crippen LogP contribution in [-0.2, 0) is 4.79 Å². The van der Waals surface area contributed by atoms with Gasteiger partial charge in [0.25, 0.3) is 0 Å². The van der Waals surface area contributed by atoms with Crippen LogP contribution in [0.1, 0.15) is 37.0 Å². The molecule has 0 bridgehead atoms. The van der Waals surface area contributed by atoms with Gasteiger partial charge in [0.05, 0.1) is 0 Å². The van der Waals surface area contributed by atoms with Gasteiger partial charge in [-0.2, -0.15) is 0 Å². The summed E-state index contributed by atoms with van der Waals surface area (Å²) in [7, 11) is 0. The fourth-order valence-corrected chi connectivity index (χ4v) is 4.60. The number of fused-ring (bicyclic) bond motifs is 1. The molecule has 0 amide bonds. The molecule has 1 unspecified atom stereocenters. The maximum absolute atomic E-state index is 12.3. The Morgan fingerprint density at radius 1 is 1.29 bits per heavy atom. The van der Waals surface area contributed by atoms with Gasteiger partial charge in [-0.3, -0.25) is 4.79 Å². The highest BCUT2D eigenvalue weighted by Crippen LogP contribution is 2.35. The minimum atomic E-state index is 0.216. The van der Waals surface area contributed by atoms with Gasteiger partial charge in [-0.05, 0) is 72.4 Å². The molecule has 0 aliphatic heterocycles. The number of carbonyl (C=O) groups is 1. The Hall–Kier alpha value is -1.65. The van der Waals surface area contributed by atoms with E-state index in [1.54, 1.807) is 11.3 Å². The maximum atomic E-state index is 12.3. The van der Waals surface area contributed by atoms with E-state index in [-0.39, 0.29) is 5.78 Å². The van der Waals surface area contributed by atoms with Gasteiger partial charge in [0.2, 0.25) is 0 Å². The Bertz CT molecular complexity index is 770. The number of thiocarbonyl (C=S) groups is 1. The number of allylic oxidation sites excluding steroid dienone is 2. The van der Waals surface area contributed by atoms with Gasteiger partial charge in [-0.25, -0.2) is 0 Å². The molecule has 2 aromatic rings. The van der Waals surface area contributed by atoms with Crippen molar-refractivity contribution in [2.45, 2.75) is 32.1 Å². The van der Waals surface area contributed by atoms with Crippen molar-refractivity contribution in [1.82, 2.24) is 0 Å². The summed E-state index contributed by atoms with van der Waals surface area (Å²) in [5, 5.41) is 1.23. The number of carbonyl (C=O) groups excluding carboxylic acids is 1. The Morgan fingerprint density at radius 2 is 2.12 bits per heavy atom. The number of rotatable bonds is 4. The topological polar surface area (TPSA) is 29.4 Å². The molecular formula is C20H21NOS2. The lowest BCUT2D eigenvalue weighted by molar-refractivity contribution is -0.114. The monoisotopic (exact) mass is 355 g/mol. The molecule has 124 valence electrons. The third kappa shape index (κ3) is 4.05. The van der Waals surface area contributed by atoms with Crippen LogP contribution in [0.5, 0.6) is 0 Å². The Morgan fingerprint density at radius 3 is 2.92 bits per heavy atom. The zero-order valence-electron chi connectivity index (χ0n) is 13.7. The molecule has 0 saturated carbocycles. The first kappa shape index (κ1) is 17.2. The first-order valence-electron chi connectivity index (χ1n) is 8.35. The summed E-state index contributed by atoms with van der Waals surface area (Å²) in [4.78, 5) is 18.5. The SMILES string of the molecule is C=NCCC1CC(c2cc3ccccc3s2)=CC(=O)CCCC1=S. The summed E-state index contributed by atoms with van der Waals surface area (Å²) in [6, 6.07) is 10.6. The van der Waals surface area contributed by atoms with Crippen molar-refractivity contribution in [2.24, 2.45) is 10.9 Å². The van der Waals surface area contributed by atoms with Gasteiger partial charge in [-0.1, -0.05) is 30.4 Å². The van der Waals surface area contributed by atoms with E-state index in [1.807, 2.05) is 6.08 Å². The summed E-state index contributed by atoms with van der Waals surface area (Å²) in [6.07, 6.45) is 5.89. The lowest BCUT2D eigenvalue weighted by atomic mass is 9.90. The summed E-state index contributed by atoms with van der Waals surface area (Å²) >= 11 is 7.41. The van der Waals surface area contributed by atoms with Crippen molar-refractivity contribution < 1.29 is 4.79 Å². The number of aliphatic imine (C=N–C) groups is 1. The fraction of sp³-hybridized carbons (Fsp3) is 0.350. The number of hydrogen-bond acceptors (Lipinski definition) is 4. The molecule has 1 aliphatic carbocycles. The predicted molar refractivity (Wildman–Crippen MR) is 108 cm³/mol. The van der Waals surface area contributed by atoms with Crippen molar-refractivity contribution in [3.05, 3.63) is 41.3 Å². The molecule has 0 saturated heterocycles. The lowest BCUT2D eigenvalue weighted by Gasteiger charge is -2.17. The van der Waals surface area contributed by atoms with E-state index < -0.39 is 0 Å². The van der Waals surface area contributed by atoms with E-state index in [9.17, 15) is 4.79 Å². The average Bonchev–Trinajstić information content (AvgIpc) is 3.02. The van der Waals surface area contributed by atoms with Crippen LogP contribution in [0.3, 0.4) is 0 Å². The second-order valence-corrected chi connectivity index (χ2v) is 7.85. The number of thiophene rings is 1. The van der Waals surface area contributed by atoms with E-state index in [0.29, 0.717) is 12.3 Å². The van der Waals surface area contributed by atoms with E-state index >= 15 is 0 Å². The number of nitrogens with zero attached hydrogens (tertiary/aromatic N) is 1. The molecule has 1 aromatic heterocycles. The molecule has 4 heteroatoms. The van der Waals surface area contributed by atoms with Crippen LogP contribution in [0.4, 0.5) is 0 Å². The summed E-state index contributed by atoms with van der Waals surface area (Å²) in [6.45, 7) is 4.31. The normalized spacial score (nSPS) is 19.5. The van der Waals surface area contributed by atoms with Crippen molar-refractivity contribution in [3.8, 4) is 0 Å². The summed E-state index contributed by atoms with van der Waals surface area (Å²) in [5.74, 6) is 0.514. The zero-order valence-corrected chi connectivity index (χ0v) is 15.3. The van der Waals surface area contributed by atoms with E-state index in [1.165, 1.54) is 15.0 Å². The predicted octanol–water partition coefficient (Wildman–Crippen LogP) is 5.50. The van der Waals surface area contributed by atoms with Crippen molar-refractivity contribution in [1.29, 1.82) is 0 Å². The molecule has 1 aliphatic rings. The van der Waals surface area contributed by atoms with Crippen LogP contribution in [0.15, 0.2) is 41.4 Å². The molecule has 0 radical (unpaired) electrons. The van der Waals surface area contributed by atoms with Gasteiger partial charge in [0.15, 0.2) is 5.78 Å². The van der Waals surface area contributed by atoms with Gasteiger partial charge < -0.3 is 4.99 Å². The maximum Gasteiger partial charge on any atom is 0.156 e. The molecular weight excluding hydrogens is 334 g/mol. The summed E-state index contributed by atoms with van der Waals surface area (Å²) < 4.78 is 1.26. The quantitative estimate of drug-likeness (QED) is 0.535. The van der Waals surface area contributed by atoms with E-state index in [2.05, 4.69) is 42.0 Å². The third-order valence-electron chi connectivity index (χ3n) is 4.48. The van der Waals surface area contributed by atoms with Crippen molar-refractivity contribution in [3.63, 3.8) is 0 Å². The molecule has 2 nitrogen and oxygen atoms in total. The standard InChI is InChI=1S/C20H21NOS2/c1-21-10-9-14-11-16(12-17(22)6-4-7-18(14)23)20-13-15-5-2-3-8-19(15)24-20/h2-3,5,8,12-14H,1,4,6-7,9-11H2. The molecule has 0 N–H and O–H groups in total. The molecule has 24 heavy (non-hydrogen) atoms. The molecule has 0 fully saturated rings. The largest absolute Gasteiger partial charge is 0.301 e. The molecule has 1 atom stereocenters. The Kier molecular flexibility index (Phi) is 5.69. The second kappa shape index (κ2) is 7.95. The summed E-state index contributed by atoms with van der Waals surface area (Å²) in [5.41, 5.74) is 1.12. The minimum absolute atomic E-state index is 0.216. The minimum Gasteiger partial charge on any atom is -0.301 e. The highest BCUT2D eigenvalue weighted by atomic mass is 32.1. The van der Waals surface area contributed by atoms with Crippen LogP contribution < -0.4 is 0 Å². The zero-order chi connectivity index (χ0) is 16.9. The highest BCUT2D eigenvalue weighted by molar-refractivity contribution is 7.80. The second-order valence-electron chi connectivity index (χ2n) is 6.24. The molecule has 1 heterocycles. The fourth-order valence-electron chi connectivity index (χ4n) is 3.17. The lowest BCUT2D eigenvalue weighted by Crippen LogP contribution is -2.14. The molecule has 3 rings (SSSR count). The van der Waals surface area contributed by atoms with E-state index in [0.717, 1.165) is 42.7 Å². The van der Waals surface area contributed by atoms with E-state index in [4.69, 9.17) is 12.2 Å². The molecule has 1 aromatic carbocycles. The van der Waals surface area contributed by atoms with Gasteiger partial charge in [0.1, 0.15) is 0 Å². The first-order valence-corrected chi connectivity index (χ1v) is 9.57. The van der Waals surface area contributed by atoms with Crippen LogP contribution in [0.2, 0.25) is 0 Å². The van der Waals surface area contributed by atoms with Crippen LogP contribution in [0.25, 0.3) is 15.7 Å². The first-order chi connectivity index (χ1) is 11.7. The van der Waals surface area contributed by atoms with Crippen molar-refractivity contribution >= 4 is 56.6 Å². The third-order valence-corrected chi connectivity index (χ3v) is 6.21. The number of hydrogen-bond donors (Lipinski definition) is 0. The smallest absolute Gasteiger partial charge is 0.156 e. The number of ketones is 1. The number of benzene rings is 1. The van der Waals surface area contributed by atoms with Crippen LogP contribution >= 0.6 is 23.6 Å². The van der Waals surface area contributed by atoms with Crippen molar-refractivity contribution in [2.75, 3.05) is 6.54 Å². The van der Waals surface area contributed by atoms with Crippen LogP contribution in [-0.4, -0.2) is 23.9 Å². The van der Waals surface area contributed by atoms with Crippen LogP contribution in [0, 0.1) is 5.92 Å².